The molecule has 2 aromatic heterocycles. The van der Waals surface area contributed by atoms with Crippen molar-refractivity contribution in [1.82, 2.24) is 15.3 Å². The minimum Gasteiger partial charge on any atom is -0.374 e. The van der Waals surface area contributed by atoms with Gasteiger partial charge in [0.25, 0.3) is 5.91 Å². The Hall–Kier alpha value is -2.93. The standard InChI is InChI=1S/C23H24N4O2.ClH/c1-14-20(13-18-17-8-3-4-9-19(17)27-22(18)28)26-15(2)21(14)23(29)25-12-10-16-7-5-6-11-24-16;/h3-9,11,13,23,25-26,29H,10,12H2,1-2H3,(H,27,28);1H/b18-13-;. The smallest absolute Gasteiger partial charge is 0.256 e. The van der Waals surface area contributed by atoms with Gasteiger partial charge in [-0.15, -0.1) is 12.4 Å². The molecule has 4 rings (SSSR count). The van der Waals surface area contributed by atoms with Crippen molar-refractivity contribution in [2.75, 3.05) is 11.9 Å². The number of amides is 1. The van der Waals surface area contributed by atoms with Gasteiger partial charge in [0.05, 0.1) is 5.57 Å². The summed E-state index contributed by atoms with van der Waals surface area (Å²) in [6, 6.07) is 13.4. The van der Waals surface area contributed by atoms with Crippen molar-refractivity contribution in [3.05, 3.63) is 82.4 Å². The number of aliphatic hydroxyl groups is 1. The molecule has 1 aromatic carbocycles. The summed E-state index contributed by atoms with van der Waals surface area (Å²) in [5.74, 6) is -0.117. The minimum atomic E-state index is -0.799. The van der Waals surface area contributed by atoms with Crippen LogP contribution in [0.4, 0.5) is 5.69 Å². The summed E-state index contributed by atoms with van der Waals surface area (Å²) in [5.41, 5.74) is 6.74. The van der Waals surface area contributed by atoms with Gasteiger partial charge in [0.15, 0.2) is 0 Å². The van der Waals surface area contributed by atoms with E-state index in [0.29, 0.717) is 12.1 Å². The fourth-order valence-corrected chi connectivity index (χ4v) is 3.76. The molecule has 0 radical (unpaired) electrons. The number of aliphatic hydroxyl groups excluding tert-OH is 1. The lowest BCUT2D eigenvalue weighted by Crippen LogP contribution is -2.24. The number of carbonyl (C=O) groups excluding carboxylic acids is 1. The van der Waals surface area contributed by atoms with E-state index in [1.54, 1.807) is 6.20 Å². The summed E-state index contributed by atoms with van der Waals surface area (Å²) in [7, 11) is 0. The second kappa shape index (κ2) is 9.26. The first-order valence-corrected chi connectivity index (χ1v) is 9.67. The number of H-pyrrole nitrogens is 1. The predicted molar refractivity (Wildman–Crippen MR) is 121 cm³/mol. The number of anilines is 1. The molecule has 1 atom stereocenters. The predicted octanol–water partition coefficient (Wildman–Crippen LogP) is 3.76. The van der Waals surface area contributed by atoms with Crippen LogP contribution in [0.1, 0.15) is 40.0 Å². The van der Waals surface area contributed by atoms with Gasteiger partial charge >= 0.3 is 0 Å². The van der Waals surface area contributed by atoms with E-state index >= 15 is 0 Å². The molecule has 1 aliphatic rings. The molecule has 1 amide bonds. The van der Waals surface area contributed by atoms with Crippen LogP contribution < -0.4 is 10.6 Å². The summed E-state index contributed by atoms with van der Waals surface area (Å²) in [5, 5.41) is 16.7. The minimum absolute atomic E-state index is 0. The molecule has 0 fully saturated rings. The van der Waals surface area contributed by atoms with Gasteiger partial charge in [-0.05, 0) is 43.7 Å². The van der Waals surface area contributed by atoms with Gasteiger partial charge in [-0.1, -0.05) is 24.3 Å². The Morgan fingerprint density at radius 2 is 1.93 bits per heavy atom. The summed E-state index contributed by atoms with van der Waals surface area (Å²) in [6.07, 6.45) is 3.55. The first-order chi connectivity index (χ1) is 14.0. The lowest BCUT2D eigenvalue weighted by Gasteiger charge is -2.14. The van der Waals surface area contributed by atoms with Crippen molar-refractivity contribution in [3.63, 3.8) is 0 Å². The van der Waals surface area contributed by atoms with Crippen LogP contribution >= 0.6 is 12.4 Å². The number of aromatic nitrogens is 2. The Kier molecular flexibility index (Phi) is 6.72. The van der Waals surface area contributed by atoms with Crippen LogP contribution in [-0.2, 0) is 11.2 Å². The number of fused-ring (bicyclic) bond motifs is 1. The second-order valence-corrected chi connectivity index (χ2v) is 7.19. The zero-order chi connectivity index (χ0) is 20.4. The van der Waals surface area contributed by atoms with Crippen LogP contribution in [0.25, 0.3) is 11.6 Å². The highest BCUT2D eigenvalue weighted by Crippen LogP contribution is 2.34. The van der Waals surface area contributed by atoms with Gasteiger partial charge < -0.3 is 15.4 Å². The SMILES string of the molecule is Cc1[nH]c(/C=C2\C(=O)Nc3ccccc32)c(C)c1C(O)NCCc1ccccn1.Cl. The molecule has 0 saturated carbocycles. The molecule has 156 valence electrons. The Morgan fingerprint density at radius 3 is 2.70 bits per heavy atom. The second-order valence-electron chi connectivity index (χ2n) is 7.19. The van der Waals surface area contributed by atoms with Gasteiger partial charge in [0.1, 0.15) is 6.23 Å². The van der Waals surface area contributed by atoms with Gasteiger partial charge in [0, 0.05) is 53.1 Å². The number of carbonyl (C=O) groups is 1. The highest BCUT2D eigenvalue weighted by molar-refractivity contribution is 6.34. The third-order valence-corrected chi connectivity index (χ3v) is 5.25. The summed E-state index contributed by atoms with van der Waals surface area (Å²) in [4.78, 5) is 20.0. The topological polar surface area (TPSA) is 90.0 Å². The van der Waals surface area contributed by atoms with Crippen LogP contribution in [0.3, 0.4) is 0 Å². The Bertz CT molecular complexity index is 1080. The number of aryl methyl sites for hydroxylation is 1. The lowest BCUT2D eigenvalue weighted by atomic mass is 10.0. The van der Waals surface area contributed by atoms with Crippen molar-refractivity contribution < 1.29 is 9.90 Å². The monoisotopic (exact) mass is 424 g/mol. The number of halogens is 1. The van der Waals surface area contributed by atoms with Gasteiger partial charge in [-0.25, -0.2) is 0 Å². The van der Waals surface area contributed by atoms with Crippen molar-refractivity contribution in [2.45, 2.75) is 26.5 Å². The number of aromatic amines is 1. The van der Waals surface area contributed by atoms with Gasteiger partial charge in [0.2, 0.25) is 0 Å². The highest BCUT2D eigenvalue weighted by Gasteiger charge is 2.25. The van der Waals surface area contributed by atoms with Crippen LogP contribution in [0.15, 0.2) is 48.7 Å². The molecule has 0 aliphatic carbocycles. The molecular weight excluding hydrogens is 400 g/mol. The molecule has 30 heavy (non-hydrogen) atoms. The first kappa shape index (κ1) is 21.8. The highest BCUT2D eigenvalue weighted by atomic mass is 35.5. The first-order valence-electron chi connectivity index (χ1n) is 9.67. The summed E-state index contributed by atoms with van der Waals surface area (Å²) >= 11 is 0. The average molecular weight is 425 g/mol. The molecule has 3 heterocycles. The quantitative estimate of drug-likeness (QED) is 0.358. The van der Waals surface area contributed by atoms with E-state index in [1.165, 1.54) is 0 Å². The fraction of sp³-hybridized carbons (Fsp3) is 0.217. The number of nitrogens with one attached hydrogen (secondary N) is 3. The normalized spacial score (nSPS) is 14.9. The lowest BCUT2D eigenvalue weighted by molar-refractivity contribution is -0.110. The number of pyridine rings is 1. The van der Waals surface area contributed by atoms with Gasteiger partial charge in [-0.3, -0.25) is 15.1 Å². The molecule has 6 nitrogen and oxygen atoms in total. The average Bonchev–Trinajstić information content (AvgIpc) is 3.18. The third-order valence-electron chi connectivity index (χ3n) is 5.25. The number of hydrogen-bond donors (Lipinski definition) is 4. The molecule has 3 aromatic rings. The zero-order valence-corrected chi connectivity index (χ0v) is 17.7. The molecule has 0 spiro atoms. The number of nitrogens with zero attached hydrogens (tertiary/aromatic N) is 1. The van der Waals surface area contributed by atoms with E-state index in [2.05, 4.69) is 20.6 Å². The maximum absolute atomic E-state index is 12.4. The van der Waals surface area contributed by atoms with E-state index < -0.39 is 6.23 Å². The largest absolute Gasteiger partial charge is 0.374 e. The van der Waals surface area contributed by atoms with E-state index in [-0.39, 0.29) is 18.3 Å². The maximum atomic E-state index is 12.4. The number of benzene rings is 1. The van der Waals surface area contributed by atoms with Crippen LogP contribution in [0.2, 0.25) is 0 Å². The van der Waals surface area contributed by atoms with Crippen molar-refractivity contribution >= 4 is 35.7 Å². The number of hydrogen-bond acceptors (Lipinski definition) is 4. The molecule has 1 unspecified atom stereocenters. The molecule has 1 aliphatic heterocycles. The Balaban J connectivity index is 0.00000256. The zero-order valence-electron chi connectivity index (χ0n) is 16.9. The van der Waals surface area contributed by atoms with Crippen LogP contribution in [0.5, 0.6) is 0 Å². The molecular formula is C23H25ClN4O2. The van der Waals surface area contributed by atoms with E-state index in [4.69, 9.17) is 0 Å². The summed E-state index contributed by atoms with van der Waals surface area (Å²) < 4.78 is 0. The Labute approximate surface area is 181 Å². The molecule has 4 N–H and O–H groups in total. The molecule has 0 saturated heterocycles. The van der Waals surface area contributed by atoms with E-state index in [9.17, 15) is 9.90 Å². The summed E-state index contributed by atoms with van der Waals surface area (Å²) in [6.45, 7) is 4.48. The van der Waals surface area contributed by atoms with Crippen molar-refractivity contribution in [1.29, 1.82) is 0 Å². The van der Waals surface area contributed by atoms with Crippen LogP contribution in [0, 0.1) is 13.8 Å². The van der Waals surface area contributed by atoms with Crippen molar-refractivity contribution in [3.8, 4) is 0 Å². The molecule has 0 bridgehead atoms. The van der Waals surface area contributed by atoms with Crippen molar-refractivity contribution in [2.24, 2.45) is 0 Å². The Morgan fingerprint density at radius 1 is 1.17 bits per heavy atom. The fourth-order valence-electron chi connectivity index (χ4n) is 3.76. The maximum Gasteiger partial charge on any atom is 0.256 e. The van der Waals surface area contributed by atoms with E-state index in [0.717, 1.165) is 45.9 Å². The number of rotatable bonds is 6. The van der Waals surface area contributed by atoms with Gasteiger partial charge in [-0.2, -0.15) is 0 Å². The number of para-hydroxylation sites is 1. The third kappa shape index (κ3) is 4.31. The van der Waals surface area contributed by atoms with Crippen LogP contribution in [-0.4, -0.2) is 27.5 Å². The van der Waals surface area contributed by atoms with E-state index in [1.807, 2.05) is 62.4 Å². The molecule has 7 heteroatoms.